The Bertz CT molecular complexity index is 699. The molecule has 0 saturated carbocycles. The van der Waals surface area contributed by atoms with Gasteiger partial charge in [0.2, 0.25) is 0 Å². The van der Waals surface area contributed by atoms with E-state index in [1.807, 2.05) is 6.92 Å². The molecule has 25 heavy (non-hydrogen) atoms. The summed E-state index contributed by atoms with van der Waals surface area (Å²) >= 11 is 0. The Hall–Kier alpha value is -2.96. The maximum atomic E-state index is 12.5. The molecule has 0 aliphatic carbocycles. The zero-order chi connectivity index (χ0) is 18.4. The fourth-order valence-electron chi connectivity index (χ4n) is 2.62. The standard InChI is InChI=1S/C18H22N2O5/c1-5-6-9-25-17(21)15-11(2)19-18(22)20-16(15)13-10-12(23-3)7-8-14(13)24-4/h5-8,10,15-16H,2,9H2,1,3-4H3,(H2,19,20,22)/b6-5+/t15-,16+/m1/s1. The average molecular weight is 346 g/mol. The number of methoxy groups -OCH3 is 2. The Morgan fingerprint density at radius 2 is 2.08 bits per heavy atom. The molecule has 1 aromatic rings. The third kappa shape index (κ3) is 4.12. The van der Waals surface area contributed by atoms with Gasteiger partial charge in [-0.1, -0.05) is 18.7 Å². The van der Waals surface area contributed by atoms with Gasteiger partial charge in [-0.25, -0.2) is 4.79 Å². The van der Waals surface area contributed by atoms with Crippen LogP contribution < -0.4 is 20.1 Å². The summed E-state index contributed by atoms with van der Waals surface area (Å²) in [4.78, 5) is 24.5. The minimum Gasteiger partial charge on any atom is -0.497 e. The summed E-state index contributed by atoms with van der Waals surface area (Å²) in [5.41, 5.74) is 0.870. The van der Waals surface area contributed by atoms with E-state index in [1.54, 1.807) is 30.4 Å². The second-order valence-corrected chi connectivity index (χ2v) is 5.39. The van der Waals surface area contributed by atoms with Crippen LogP contribution in [-0.2, 0) is 9.53 Å². The van der Waals surface area contributed by atoms with Gasteiger partial charge in [-0.15, -0.1) is 0 Å². The Balaban J connectivity index is 2.41. The zero-order valence-corrected chi connectivity index (χ0v) is 14.5. The van der Waals surface area contributed by atoms with Crippen molar-refractivity contribution in [3.63, 3.8) is 0 Å². The van der Waals surface area contributed by atoms with Crippen molar-refractivity contribution in [2.45, 2.75) is 13.0 Å². The first-order chi connectivity index (χ1) is 12.0. The van der Waals surface area contributed by atoms with Crippen molar-refractivity contribution in [2.75, 3.05) is 20.8 Å². The minimum absolute atomic E-state index is 0.148. The lowest BCUT2D eigenvalue weighted by Crippen LogP contribution is -2.51. The number of benzene rings is 1. The molecular weight excluding hydrogens is 324 g/mol. The molecule has 1 aliphatic heterocycles. The number of carbonyl (C=O) groups is 2. The summed E-state index contributed by atoms with van der Waals surface area (Å²) in [5.74, 6) is -0.197. The van der Waals surface area contributed by atoms with E-state index in [1.165, 1.54) is 14.2 Å². The Kier molecular flexibility index (Phi) is 6.05. The van der Waals surface area contributed by atoms with Gasteiger partial charge in [0.1, 0.15) is 24.0 Å². The van der Waals surface area contributed by atoms with Crippen LogP contribution >= 0.6 is 0 Å². The van der Waals surface area contributed by atoms with Crippen LogP contribution in [0.25, 0.3) is 0 Å². The van der Waals surface area contributed by atoms with Crippen LogP contribution in [0.3, 0.4) is 0 Å². The molecule has 2 amide bonds. The maximum Gasteiger partial charge on any atom is 0.319 e. The van der Waals surface area contributed by atoms with Gasteiger partial charge in [-0.2, -0.15) is 0 Å². The summed E-state index contributed by atoms with van der Waals surface area (Å²) in [7, 11) is 3.05. The van der Waals surface area contributed by atoms with E-state index >= 15 is 0 Å². The van der Waals surface area contributed by atoms with Gasteiger partial charge < -0.3 is 24.8 Å². The van der Waals surface area contributed by atoms with Crippen molar-refractivity contribution in [1.82, 2.24) is 10.6 Å². The van der Waals surface area contributed by atoms with Gasteiger partial charge in [0.05, 0.1) is 20.3 Å². The molecule has 134 valence electrons. The molecule has 0 bridgehead atoms. The third-order valence-electron chi connectivity index (χ3n) is 3.85. The normalized spacial score (nSPS) is 20.0. The first-order valence-corrected chi connectivity index (χ1v) is 7.77. The number of amides is 2. The number of nitrogens with one attached hydrogen (secondary N) is 2. The van der Waals surface area contributed by atoms with E-state index in [-0.39, 0.29) is 12.3 Å². The van der Waals surface area contributed by atoms with Crippen LogP contribution in [0.4, 0.5) is 4.79 Å². The van der Waals surface area contributed by atoms with Crippen molar-refractivity contribution in [1.29, 1.82) is 0 Å². The lowest BCUT2D eigenvalue weighted by molar-refractivity contribution is -0.147. The van der Waals surface area contributed by atoms with Gasteiger partial charge in [0.15, 0.2) is 0 Å². The second kappa shape index (κ2) is 8.23. The summed E-state index contributed by atoms with van der Waals surface area (Å²) in [5, 5.41) is 5.28. The van der Waals surface area contributed by atoms with Gasteiger partial charge in [-0.05, 0) is 25.1 Å². The predicted octanol–water partition coefficient (Wildman–Crippen LogP) is 2.31. The number of hydrogen-bond acceptors (Lipinski definition) is 5. The highest BCUT2D eigenvalue weighted by Crippen LogP contribution is 2.37. The molecule has 1 fully saturated rings. The van der Waals surface area contributed by atoms with E-state index in [2.05, 4.69) is 17.2 Å². The summed E-state index contributed by atoms with van der Waals surface area (Å²) in [6.45, 7) is 5.79. The van der Waals surface area contributed by atoms with Gasteiger partial charge in [0, 0.05) is 11.3 Å². The minimum atomic E-state index is -0.802. The highest BCUT2D eigenvalue weighted by atomic mass is 16.5. The first-order valence-electron chi connectivity index (χ1n) is 7.77. The molecule has 7 heteroatoms. The summed E-state index contributed by atoms with van der Waals surface area (Å²) in [6.07, 6.45) is 3.50. The fraction of sp³-hybridized carbons (Fsp3) is 0.333. The molecule has 2 atom stereocenters. The highest BCUT2D eigenvalue weighted by molar-refractivity contribution is 5.85. The molecule has 2 rings (SSSR count). The van der Waals surface area contributed by atoms with Crippen LogP contribution in [0.2, 0.25) is 0 Å². The van der Waals surface area contributed by atoms with Gasteiger partial charge >= 0.3 is 12.0 Å². The lowest BCUT2D eigenvalue weighted by Gasteiger charge is -2.33. The largest absolute Gasteiger partial charge is 0.497 e. The molecule has 1 aromatic carbocycles. The number of ether oxygens (including phenoxy) is 3. The van der Waals surface area contributed by atoms with Gasteiger partial charge in [-0.3, -0.25) is 4.79 Å². The molecular formula is C18H22N2O5. The van der Waals surface area contributed by atoms with Gasteiger partial charge in [0.25, 0.3) is 0 Å². The molecule has 7 nitrogen and oxygen atoms in total. The number of allylic oxidation sites excluding steroid dienone is 1. The zero-order valence-electron chi connectivity index (χ0n) is 14.5. The average Bonchev–Trinajstić information content (AvgIpc) is 2.60. The number of rotatable bonds is 6. The lowest BCUT2D eigenvalue weighted by atomic mass is 9.88. The molecule has 0 aromatic heterocycles. The van der Waals surface area contributed by atoms with Crippen LogP contribution in [0.5, 0.6) is 11.5 Å². The van der Waals surface area contributed by atoms with Crippen LogP contribution in [-0.4, -0.2) is 32.8 Å². The summed E-state index contributed by atoms with van der Waals surface area (Å²) < 4.78 is 15.9. The van der Waals surface area contributed by atoms with Crippen molar-refractivity contribution < 1.29 is 23.8 Å². The maximum absolute atomic E-state index is 12.5. The van der Waals surface area contributed by atoms with Crippen molar-refractivity contribution >= 4 is 12.0 Å². The van der Waals surface area contributed by atoms with Crippen LogP contribution in [0, 0.1) is 5.92 Å². The Labute approximate surface area is 146 Å². The number of urea groups is 1. The van der Waals surface area contributed by atoms with Crippen molar-refractivity contribution in [3.05, 3.63) is 48.2 Å². The molecule has 0 spiro atoms. The Morgan fingerprint density at radius 1 is 1.32 bits per heavy atom. The monoisotopic (exact) mass is 346 g/mol. The van der Waals surface area contributed by atoms with E-state index < -0.39 is 24.0 Å². The van der Waals surface area contributed by atoms with Crippen LogP contribution in [0.1, 0.15) is 18.5 Å². The fourth-order valence-corrected chi connectivity index (χ4v) is 2.62. The van der Waals surface area contributed by atoms with E-state index in [0.717, 1.165) is 0 Å². The first kappa shape index (κ1) is 18.4. The number of hydrogen-bond donors (Lipinski definition) is 2. The molecule has 2 N–H and O–H groups in total. The highest BCUT2D eigenvalue weighted by Gasteiger charge is 2.40. The molecule has 0 radical (unpaired) electrons. The molecule has 1 saturated heterocycles. The second-order valence-electron chi connectivity index (χ2n) is 5.39. The topological polar surface area (TPSA) is 85.9 Å². The predicted molar refractivity (Wildman–Crippen MR) is 92.4 cm³/mol. The van der Waals surface area contributed by atoms with E-state index in [0.29, 0.717) is 17.1 Å². The quantitative estimate of drug-likeness (QED) is 0.610. The number of carbonyl (C=O) groups excluding carboxylic acids is 2. The van der Waals surface area contributed by atoms with E-state index in [9.17, 15) is 9.59 Å². The SMILES string of the molecule is C=C1NC(=O)N[C@@H](c2cc(OC)ccc2OC)[C@@H]1C(=O)OC/C=C/C. The molecule has 1 aliphatic rings. The number of esters is 1. The smallest absolute Gasteiger partial charge is 0.319 e. The third-order valence-corrected chi connectivity index (χ3v) is 3.85. The van der Waals surface area contributed by atoms with Crippen molar-refractivity contribution in [3.8, 4) is 11.5 Å². The van der Waals surface area contributed by atoms with E-state index in [4.69, 9.17) is 14.2 Å². The molecule has 0 unspecified atom stereocenters. The van der Waals surface area contributed by atoms with Crippen molar-refractivity contribution in [2.24, 2.45) is 5.92 Å². The summed E-state index contributed by atoms with van der Waals surface area (Å²) in [6, 6.07) is 4.03. The Morgan fingerprint density at radius 3 is 2.72 bits per heavy atom. The van der Waals surface area contributed by atoms with Crippen LogP contribution in [0.15, 0.2) is 42.6 Å². The molecule has 1 heterocycles.